The van der Waals surface area contributed by atoms with E-state index in [1.807, 2.05) is 31.2 Å². The summed E-state index contributed by atoms with van der Waals surface area (Å²) in [7, 11) is 0. The van der Waals surface area contributed by atoms with Crippen molar-refractivity contribution in [3.05, 3.63) is 60.3 Å². The summed E-state index contributed by atoms with van der Waals surface area (Å²) in [4.78, 5) is 11.3. The predicted molar refractivity (Wildman–Crippen MR) is 106 cm³/mol. The van der Waals surface area contributed by atoms with Gasteiger partial charge in [-0.25, -0.2) is 9.97 Å². The lowest BCUT2D eigenvalue weighted by Crippen LogP contribution is -2.36. The molecule has 7 nitrogen and oxygen atoms in total. The molecular weight excluding hydrogens is 342 g/mol. The Hall–Kier alpha value is -3.06. The molecule has 0 radical (unpaired) electrons. The van der Waals surface area contributed by atoms with Crippen LogP contribution in [0.5, 0.6) is 0 Å². The Morgan fingerprint density at radius 2 is 1.85 bits per heavy atom. The van der Waals surface area contributed by atoms with Crippen LogP contribution in [-0.2, 0) is 11.3 Å². The van der Waals surface area contributed by atoms with Gasteiger partial charge in [-0.15, -0.1) is 0 Å². The average molecular weight is 365 g/mol. The largest absolute Gasteiger partial charge is 0.467 e. The molecule has 1 aliphatic rings. The summed E-state index contributed by atoms with van der Waals surface area (Å²) in [5, 5.41) is 6.73. The van der Waals surface area contributed by atoms with Crippen LogP contribution in [0, 0.1) is 6.92 Å². The fourth-order valence-electron chi connectivity index (χ4n) is 3.11. The summed E-state index contributed by atoms with van der Waals surface area (Å²) < 4.78 is 10.8. The Bertz CT molecular complexity index is 876. The number of aryl methyl sites for hydroxylation is 1. The third-order valence-electron chi connectivity index (χ3n) is 4.38. The monoisotopic (exact) mass is 365 g/mol. The molecule has 7 heteroatoms. The van der Waals surface area contributed by atoms with Gasteiger partial charge < -0.3 is 24.7 Å². The van der Waals surface area contributed by atoms with Crippen molar-refractivity contribution >= 4 is 23.0 Å². The van der Waals surface area contributed by atoms with Crippen LogP contribution in [0.25, 0.3) is 0 Å². The van der Waals surface area contributed by atoms with Crippen molar-refractivity contribution in [2.24, 2.45) is 0 Å². The highest BCUT2D eigenvalue weighted by atomic mass is 16.5. The number of ether oxygens (including phenoxy) is 1. The highest BCUT2D eigenvalue weighted by Gasteiger charge is 2.15. The number of nitrogens with zero attached hydrogens (tertiary/aromatic N) is 3. The molecule has 0 bridgehead atoms. The second-order valence-corrected chi connectivity index (χ2v) is 6.36. The van der Waals surface area contributed by atoms with Gasteiger partial charge in [0.15, 0.2) is 0 Å². The van der Waals surface area contributed by atoms with Crippen LogP contribution < -0.4 is 15.5 Å². The lowest BCUT2D eigenvalue weighted by atomic mass is 10.2. The second kappa shape index (κ2) is 8.09. The van der Waals surface area contributed by atoms with Gasteiger partial charge in [-0.3, -0.25) is 0 Å². The quantitative estimate of drug-likeness (QED) is 0.691. The van der Waals surface area contributed by atoms with Gasteiger partial charge in [-0.1, -0.05) is 12.1 Å². The summed E-state index contributed by atoms with van der Waals surface area (Å²) in [6.45, 7) is 5.74. The van der Waals surface area contributed by atoms with Crippen LogP contribution in [0.15, 0.2) is 53.1 Å². The van der Waals surface area contributed by atoms with E-state index in [2.05, 4.69) is 43.7 Å². The molecule has 0 spiro atoms. The van der Waals surface area contributed by atoms with Gasteiger partial charge in [0.2, 0.25) is 0 Å². The maximum Gasteiger partial charge on any atom is 0.136 e. The molecule has 1 aliphatic heterocycles. The topological polar surface area (TPSA) is 75.5 Å². The number of para-hydroxylation sites is 2. The number of hydrogen-bond acceptors (Lipinski definition) is 7. The Morgan fingerprint density at radius 3 is 2.67 bits per heavy atom. The molecule has 0 aliphatic carbocycles. The van der Waals surface area contributed by atoms with Gasteiger partial charge in [0.1, 0.15) is 23.2 Å². The number of furan rings is 1. The third kappa shape index (κ3) is 4.38. The van der Waals surface area contributed by atoms with Crippen LogP contribution >= 0.6 is 0 Å². The number of benzene rings is 1. The number of anilines is 4. The van der Waals surface area contributed by atoms with Crippen LogP contribution in [-0.4, -0.2) is 36.3 Å². The van der Waals surface area contributed by atoms with Crippen LogP contribution in [0.4, 0.5) is 23.0 Å². The minimum Gasteiger partial charge on any atom is -0.467 e. The fourth-order valence-corrected chi connectivity index (χ4v) is 3.11. The first-order valence-corrected chi connectivity index (χ1v) is 9.08. The van der Waals surface area contributed by atoms with Gasteiger partial charge in [0.25, 0.3) is 0 Å². The smallest absolute Gasteiger partial charge is 0.136 e. The fraction of sp³-hybridized carbons (Fsp3) is 0.300. The molecular formula is C20H23N5O2. The lowest BCUT2D eigenvalue weighted by molar-refractivity contribution is 0.123. The van der Waals surface area contributed by atoms with Gasteiger partial charge in [-0.05, 0) is 31.2 Å². The number of hydrogen-bond donors (Lipinski definition) is 2. The zero-order valence-corrected chi connectivity index (χ0v) is 15.3. The molecule has 27 heavy (non-hydrogen) atoms. The molecule has 3 aromatic rings. The lowest BCUT2D eigenvalue weighted by Gasteiger charge is -2.30. The van der Waals surface area contributed by atoms with Crippen molar-refractivity contribution < 1.29 is 9.15 Å². The minimum absolute atomic E-state index is 0.577. The van der Waals surface area contributed by atoms with E-state index in [0.29, 0.717) is 12.4 Å². The van der Waals surface area contributed by atoms with Crippen LogP contribution in [0.2, 0.25) is 0 Å². The number of aromatic nitrogens is 2. The van der Waals surface area contributed by atoms with Crippen molar-refractivity contribution in [1.29, 1.82) is 0 Å². The maximum absolute atomic E-state index is 5.47. The van der Waals surface area contributed by atoms with E-state index >= 15 is 0 Å². The van der Waals surface area contributed by atoms with E-state index in [9.17, 15) is 0 Å². The van der Waals surface area contributed by atoms with Gasteiger partial charge in [0, 0.05) is 19.2 Å². The second-order valence-electron chi connectivity index (χ2n) is 6.36. The number of morpholine rings is 1. The molecule has 0 atom stereocenters. The molecule has 0 saturated carbocycles. The van der Waals surface area contributed by atoms with E-state index in [-0.39, 0.29) is 0 Å². The van der Waals surface area contributed by atoms with E-state index in [1.165, 1.54) is 0 Å². The van der Waals surface area contributed by atoms with Crippen molar-refractivity contribution in [2.45, 2.75) is 13.5 Å². The zero-order valence-electron chi connectivity index (χ0n) is 15.3. The first-order valence-electron chi connectivity index (χ1n) is 9.08. The average Bonchev–Trinajstić information content (AvgIpc) is 3.21. The van der Waals surface area contributed by atoms with Crippen molar-refractivity contribution in [1.82, 2.24) is 9.97 Å². The van der Waals surface area contributed by atoms with E-state index in [0.717, 1.165) is 55.1 Å². The molecule has 3 heterocycles. The zero-order chi connectivity index (χ0) is 18.5. The Labute approximate surface area is 158 Å². The predicted octanol–water partition coefficient (Wildman–Crippen LogP) is 3.57. The van der Waals surface area contributed by atoms with E-state index in [1.54, 1.807) is 6.26 Å². The molecule has 0 unspecified atom stereocenters. The van der Waals surface area contributed by atoms with E-state index < -0.39 is 0 Å². The summed E-state index contributed by atoms with van der Waals surface area (Å²) in [6.07, 6.45) is 1.66. The highest BCUT2D eigenvalue weighted by Crippen LogP contribution is 2.29. The number of rotatable bonds is 6. The Kier molecular flexibility index (Phi) is 5.20. The minimum atomic E-state index is 0.577. The molecule has 140 valence electrons. The van der Waals surface area contributed by atoms with Gasteiger partial charge >= 0.3 is 0 Å². The normalized spacial score (nSPS) is 14.2. The maximum atomic E-state index is 5.47. The molecule has 1 aromatic carbocycles. The molecule has 1 fully saturated rings. The van der Waals surface area contributed by atoms with Crippen molar-refractivity contribution in [3.8, 4) is 0 Å². The summed E-state index contributed by atoms with van der Waals surface area (Å²) in [5.74, 6) is 3.07. The number of nitrogens with one attached hydrogen (secondary N) is 2. The molecule has 2 aromatic heterocycles. The third-order valence-corrected chi connectivity index (χ3v) is 4.38. The van der Waals surface area contributed by atoms with Crippen LogP contribution in [0.1, 0.15) is 11.6 Å². The molecule has 1 saturated heterocycles. The molecule has 0 amide bonds. The molecule has 4 rings (SSSR count). The Balaban J connectivity index is 1.52. The highest BCUT2D eigenvalue weighted by molar-refractivity contribution is 5.75. The SMILES string of the molecule is Cc1nc(NCc2ccco2)cc(Nc2ccccc2N2CCOCC2)n1. The first-order chi connectivity index (χ1) is 13.3. The summed E-state index contributed by atoms with van der Waals surface area (Å²) in [6, 6.07) is 14.0. The standard InChI is InChI=1S/C20H23N5O2/c1-15-22-19(21-14-16-5-4-10-27-16)13-20(23-15)24-17-6-2-3-7-18(17)25-8-11-26-12-9-25/h2-7,10,13H,8-9,11-12,14H2,1H3,(H2,21,22,23,24). The Morgan fingerprint density at radius 1 is 1.04 bits per heavy atom. The first kappa shape index (κ1) is 17.4. The van der Waals surface area contributed by atoms with Gasteiger partial charge in [-0.2, -0.15) is 0 Å². The van der Waals surface area contributed by atoms with Gasteiger partial charge in [0.05, 0.1) is 37.4 Å². The summed E-state index contributed by atoms with van der Waals surface area (Å²) >= 11 is 0. The van der Waals surface area contributed by atoms with E-state index in [4.69, 9.17) is 9.15 Å². The summed E-state index contributed by atoms with van der Waals surface area (Å²) in [5.41, 5.74) is 2.18. The van der Waals surface area contributed by atoms with Crippen molar-refractivity contribution in [3.63, 3.8) is 0 Å². The van der Waals surface area contributed by atoms with Crippen molar-refractivity contribution in [2.75, 3.05) is 41.8 Å². The molecule has 2 N–H and O–H groups in total. The van der Waals surface area contributed by atoms with Crippen LogP contribution in [0.3, 0.4) is 0 Å².